The molecule has 2 rings (SSSR count). The van der Waals surface area contributed by atoms with E-state index in [9.17, 15) is 24.0 Å². The predicted molar refractivity (Wildman–Crippen MR) is 66.9 cm³/mol. The Balaban J connectivity index is 1.66. The monoisotopic (exact) mass is 294 g/mol. The minimum absolute atomic E-state index is 0.000704. The van der Waals surface area contributed by atoms with E-state index in [1.807, 2.05) is 0 Å². The van der Waals surface area contributed by atoms with Gasteiger partial charge in [-0.15, -0.1) is 5.06 Å². The maximum Gasteiger partial charge on any atom is 0.333 e. The molecule has 0 N–H and O–H groups in total. The van der Waals surface area contributed by atoms with Crippen molar-refractivity contribution in [3.63, 3.8) is 0 Å². The smallest absolute Gasteiger partial charge is 0.330 e. The Labute approximate surface area is 120 Å². The zero-order valence-corrected chi connectivity index (χ0v) is 11.2. The van der Waals surface area contributed by atoms with E-state index >= 15 is 0 Å². The van der Waals surface area contributed by atoms with Gasteiger partial charge in [0.1, 0.15) is 0 Å². The number of hydrogen-bond acceptors (Lipinski definition) is 6. The van der Waals surface area contributed by atoms with Gasteiger partial charge in [-0.1, -0.05) is 0 Å². The van der Waals surface area contributed by atoms with Gasteiger partial charge in [0.05, 0.1) is 0 Å². The minimum Gasteiger partial charge on any atom is -0.330 e. The Hall–Kier alpha value is -2.51. The summed E-state index contributed by atoms with van der Waals surface area (Å²) in [5.74, 6) is -2.46. The van der Waals surface area contributed by atoms with E-state index in [1.54, 1.807) is 0 Å². The van der Waals surface area contributed by atoms with Crippen LogP contribution in [0.15, 0.2) is 12.2 Å². The van der Waals surface area contributed by atoms with E-state index < -0.39 is 17.8 Å². The molecule has 0 aromatic heterocycles. The van der Waals surface area contributed by atoms with Gasteiger partial charge in [0, 0.05) is 38.0 Å². The predicted octanol–water partition coefficient (Wildman–Crippen LogP) is -0.311. The fourth-order valence-electron chi connectivity index (χ4n) is 2.00. The average Bonchev–Trinajstić information content (AvgIpc) is 2.92. The molecule has 0 aliphatic carbocycles. The maximum atomic E-state index is 11.5. The molecule has 8 nitrogen and oxygen atoms in total. The Morgan fingerprint density at radius 1 is 1.00 bits per heavy atom. The van der Waals surface area contributed by atoms with Crippen LogP contribution in [0.5, 0.6) is 0 Å². The molecule has 8 heteroatoms. The fourth-order valence-corrected chi connectivity index (χ4v) is 2.00. The fraction of sp³-hybridized carbons (Fsp3) is 0.462. The van der Waals surface area contributed by atoms with E-state index in [1.165, 1.54) is 12.2 Å². The summed E-state index contributed by atoms with van der Waals surface area (Å²) < 4.78 is 0. The molecule has 21 heavy (non-hydrogen) atoms. The largest absolute Gasteiger partial charge is 0.333 e. The first kappa shape index (κ1) is 14.9. The molecule has 0 bridgehead atoms. The third-order valence-corrected chi connectivity index (χ3v) is 3.11. The van der Waals surface area contributed by atoms with Crippen molar-refractivity contribution in [2.75, 3.05) is 6.54 Å². The summed E-state index contributed by atoms with van der Waals surface area (Å²) in [5, 5.41) is 0.500. The summed E-state index contributed by atoms with van der Waals surface area (Å²) in [4.78, 5) is 62.2. The Kier molecular flexibility index (Phi) is 4.46. The molecule has 0 spiro atoms. The zero-order chi connectivity index (χ0) is 15.4. The van der Waals surface area contributed by atoms with Crippen molar-refractivity contribution in [3.05, 3.63) is 12.2 Å². The topological polar surface area (TPSA) is 101 Å². The molecule has 0 saturated carbocycles. The summed E-state index contributed by atoms with van der Waals surface area (Å²) >= 11 is 0. The van der Waals surface area contributed by atoms with Gasteiger partial charge in [-0.3, -0.25) is 24.1 Å². The van der Waals surface area contributed by atoms with Gasteiger partial charge in [-0.05, 0) is 12.8 Å². The summed E-state index contributed by atoms with van der Waals surface area (Å²) in [7, 11) is 0. The highest BCUT2D eigenvalue weighted by atomic mass is 16.7. The number of rotatable bonds is 6. The molecule has 2 aliphatic heterocycles. The molecule has 2 heterocycles. The molecule has 0 radical (unpaired) electrons. The lowest BCUT2D eigenvalue weighted by Crippen LogP contribution is -2.32. The van der Waals surface area contributed by atoms with Gasteiger partial charge in [-0.25, -0.2) is 4.79 Å². The third-order valence-electron chi connectivity index (χ3n) is 3.11. The molecule has 0 atom stereocenters. The van der Waals surface area contributed by atoms with Gasteiger partial charge in [0.2, 0.25) is 0 Å². The molecule has 4 amide bonds. The van der Waals surface area contributed by atoms with E-state index in [0.717, 1.165) is 4.90 Å². The molecular formula is C13H14N2O6. The van der Waals surface area contributed by atoms with Gasteiger partial charge < -0.3 is 4.84 Å². The van der Waals surface area contributed by atoms with Gasteiger partial charge in [0.15, 0.2) is 0 Å². The first-order chi connectivity index (χ1) is 9.99. The minimum atomic E-state index is -0.684. The first-order valence-corrected chi connectivity index (χ1v) is 6.59. The highest BCUT2D eigenvalue weighted by Crippen LogP contribution is 2.13. The number of carbonyl (C=O) groups is 5. The maximum absolute atomic E-state index is 11.5. The molecular weight excluding hydrogens is 280 g/mol. The van der Waals surface area contributed by atoms with E-state index in [2.05, 4.69) is 4.84 Å². The molecule has 0 aromatic rings. The van der Waals surface area contributed by atoms with Crippen LogP contribution in [0.3, 0.4) is 0 Å². The van der Waals surface area contributed by atoms with Crippen LogP contribution in [-0.4, -0.2) is 46.1 Å². The average molecular weight is 294 g/mol. The van der Waals surface area contributed by atoms with Crippen LogP contribution >= 0.6 is 0 Å². The quantitative estimate of drug-likeness (QED) is 0.492. The summed E-state index contributed by atoms with van der Waals surface area (Å²) in [6, 6.07) is 0. The van der Waals surface area contributed by atoms with Crippen LogP contribution in [0.25, 0.3) is 0 Å². The lowest BCUT2D eigenvalue weighted by atomic mass is 10.2. The number of carbonyl (C=O) groups excluding carboxylic acids is 5. The van der Waals surface area contributed by atoms with Gasteiger partial charge in [0.25, 0.3) is 23.6 Å². The number of imide groups is 2. The van der Waals surface area contributed by atoms with Crippen LogP contribution in [0.2, 0.25) is 0 Å². The van der Waals surface area contributed by atoms with Crippen molar-refractivity contribution in [1.29, 1.82) is 0 Å². The van der Waals surface area contributed by atoms with Gasteiger partial charge in [-0.2, -0.15) is 0 Å². The van der Waals surface area contributed by atoms with E-state index in [0.29, 0.717) is 17.9 Å². The number of unbranched alkanes of at least 4 members (excludes halogenated alkanes) is 1. The lowest BCUT2D eigenvalue weighted by Gasteiger charge is -2.14. The van der Waals surface area contributed by atoms with Crippen LogP contribution in [0.4, 0.5) is 0 Å². The Morgan fingerprint density at radius 3 is 2.14 bits per heavy atom. The van der Waals surface area contributed by atoms with Crippen molar-refractivity contribution in [2.45, 2.75) is 32.1 Å². The molecule has 2 aliphatic rings. The molecule has 0 aromatic carbocycles. The highest BCUT2D eigenvalue weighted by molar-refractivity contribution is 6.12. The number of hydrogen-bond donors (Lipinski definition) is 0. The lowest BCUT2D eigenvalue weighted by molar-refractivity contribution is -0.197. The SMILES string of the molecule is O=C(CCCCN1C(=O)C=CC1=O)ON1C(=O)CCC1=O. The number of amides is 4. The van der Waals surface area contributed by atoms with Crippen LogP contribution in [-0.2, 0) is 28.8 Å². The zero-order valence-electron chi connectivity index (χ0n) is 11.2. The third kappa shape index (κ3) is 3.53. The highest BCUT2D eigenvalue weighted by Gasteiger charge is 2.32. The molecule has 112 valence electrons. The van der Waals surface area contributed by atoms with E-state index in [4.69, 9.17) is 0 Å². The van der Waals surface area contributed by atoms with Crippen LogP contribution < -0.4 is 0 Å². The first-order valence-electron chi connectivity index (χ1n) is 6.59. The van der Waals surface area contributed by atoms with Gasteiger partial charge >= 0.3 is 5.97 Å². The molecule has 1 fully saturated rings. The Morgan fingerprint density at radius 2 is 1.57 bits per heavy atom. The van der Waals surface area contributed by atoms with E-state index in [-0.39, 0.29) is 37.6 Å². The Bertz CT molecular complexity index is 505. The van der Waals surface area contributed by atoms with Crippen molar-refractivity contribution in [3.8, 4) is 0 Å². The summed E-state index contributed by atoms with van der Waals surface area (Å²) in [5.41, 5.74) is 0. The second-order valence-electron chi connectivity index (χ2n) is 4.66. The van der Waals surface area contributed by atoms with Crippen molar-refractivity contribution in [1.82, 2.24) is 9.96 Å². The molecule has 0 unspecified atom stereocenters. The van der Waals surface area contributed by atoms with Crippen molar-refractivity contribution >= 4 is 29.6 Å². The second-order valence-corrected chi connectivity index (χ2v) is 4.66. The van der Waals surface area contributed by atoms with Crippen molar-refractivity contribution in [2.24, 2.45) is 0 Å². The summed E-state index contributed by atoms with van der Waals surface area (Å²) in [6.07, 6.45) is 3.32. The summed E-state index contributed by atoms with van der Waals surface area (Å²) in [6.45, 7) is 0.222. The second kappa shape index (κ2) is 6.29. The standard InChI is InChI=1S/C13H14N2O6/c16-9-4-5-10(17)14(9)8-2-1-3-13(20)21-15-11(18)6-7-12(15)19/h4-5H,1-3,6-8H2. The van der Waals surface area contributed by atoms with Crippen LogP contribution in [0.1, 0.15) is 32.1 Å². The normalized spacial score (nSPS) is 18.1. The number of hydroxylamine groups is 2. The van der Waals surface area contributed by atoms with Crippen molar-refractivity contribution < 1.29 is 28.8 Å². The molecule has 1 saturated heterocycles. The number of nitrogens with zero attached hydrogens (tertiary/aromatic N) is 2. The van der Waals surface area contributed by atoms with Crippen LogP contribution in [0, 0.1) is 0 Å².